The quantitative estimate of drug-likeness (QED) is 0.242. The monoisotopic (exact) mass is 623 g/mol. The Morgan fingerprint density at radius 2 is 1.80 bits per heavy atom. The van der Waals surface area contributed by atoms with Gasteiger partial charge in [0.15, 0.2) is 5.17 Å². The molecule has 4 aromatic rings. The number of thioether (sulfide) groups is 1. The number of benzene rings is 3. The van der Waals surface area contributed by atoms with E-state index < -0.39 is 17.4 Å². The molecule has 9 nitrogen and oxygen atoms in total. The van der Waals surface area contributed by atoms with E-state index in [0.717, 1.165) is 11.1 Å². The molecule has 2 saturated heterocycles. The molecule has 3 aromatic carbocycles. The number of nitrogens with zero attached hydrogens (tertiary/aromatic N) is 4. The topological polar surface area (TPSA) is 104 Å². The van der Waals surface area contributed by atoms with E-state index in [1.165, 1.54) is 28.8 Å². The van der Waals surface area contributed by atoms with Crippen molar-refractivity contribution in [2.24, 2.45) is 4.99 Å². The number of halogens is 1. The largest absolute Gasteiger partial charge is 0.445 e. The molecule has 0 aliphatic carbocycles. The first-order valence-corrected chi connectivity index (χ1v) is 15.4. The number of rotatable bonds is 8. The van der Waals surface area contributed by atoms with E-state index in [-0.39, 0.29) is 30.8 Å². The normalized spacial score (nSPS) is 18.8. The van der Waals surface area contributed by atoms with Crippen LogP contribution < -0.4 is 5.32 Å². The van der Waals surface area contributed by atoms with Crippen molar-refractivity contribution in [3.05, 3.63) is 126 Å². The van der Waals surface area contributed by atoms with E-state index in [1.807, 2.05) is 30.3 Å². The maximum absolute atomic E-state index is 13.9. The van der Waals surface area contributed by atoms with Crippen LogP contribution in [0.4, 0.5) is 20.6 Å². The van der Waals surface area contributed by atoms with Gasteiger partial charge in [-0.1, -0.05) is 66.4 Å². The number of aromatic nitrogens is 1. The number of carbonyl (C=O) groups excluding carboxylic acids is 3. The van der Waals surface area contributed by atoms with Crippen molar-refractivity contribution in [2.45, 2.75) is 37.3 Å². The smallest absolute Gasteiger partial charge is 0.410 e. The summed E-state index contributed by atoms with van der Waals surface area (Å²) in [5, 5.41) is 2.81. The second kappa shape index (κ2) is 13.7. The van der Waals surface area contributed by atoms with Crippen LogP contribution in [0.2, 0.25) is 0 Å². The minimum Gasteiger partial charge on any atom is -0.445 e. The van der Waals surface area contributed by atoms with Crippen LogP contribution in [0.25, 0.3) is 0 Å². The minimum absolute atomic E-state index is 0.137. The molecular formula is C34H30FN5O4S. The third-order valence-electron chi connectivity index (χ3n) is 7.52. The lowest BCUT2D eigenvalue weighted by Gasteiger charge is -2.23. The molecule has 0 spiro atoms. The number of likely N-dealkylation sites (tertiary alicyclic amines) is 1. The van der Waals surface area contributed by atoms with Gasteiger partial charge in [0.2, 0.25) is 11.8 Å². The van der Waals surface area contributed by atoms with E-state index in [9.17, 15) is 18.8 Å². The average molecular weight is 624 g/mol. The molecule has 2 atom stereocenters. The number of anilines is 1. The lowest BCUT2D eigenvalue weighted by atomic mass is 10.1. The van der Waals surface area contributed by atoms with Gasteiger partial charge in [0.25, 0.3) is 0 Å². The first-order valence-electron chi connectivity index (χ1n) is 14.5. The Morgan fingerprint density at radius 1 is 1.00 bits per heavy atom. The fourth-order valence-corrected chi connectivity index (χ4v) is 6.45. The Morgan fingerprint density at radius 3 is 2.56 bits per heavy atom. The number of pyridine rings is 1. The fourth-order valence-electron chi connectivity index (χ4n) is 5.27. The number of hydrogen-bond acceptors (Lipinski definition) is 7. The number of carbonyl (C=O) groups is 3. The molecule has 11 heteroatoms. The molecule has 1 aromatic heterocycles. The highest BCUT2D eigenvalue weighted by molar-refractivity contribution is 8.15. The van der Waals surface area contributed by atoms with Crippen molar-refractivity contribution >= 4 is 46.2 Å². The molecule has 2 aliphatic heterocycles. The van der Waals surface area contributed by atoms with Crippen molar-refractivity contribution in [3.8, 4) is 0 Å². The Hall–Kier alpha value is -5.03. The number of ether oxygens (including phenoxy) is 1. The van der Waals surface area contributed by atoms with E-state index in [1.54, 1.807) is 65.8 Å². The lowest BCUT2D eigenvalue weighted by molar-refractivity contribution is -0.126. The maximum Gasteiger partial charge on any atom is 0.410 e. The molecule has 2 aliphatic rings. The Bertz CT molecular complexity index is 1700. The number of amides is 3. The molecule has 3 amide bonds. The molecule has 0 bridgehead atoms. The van der Waals surface area contributed by atoms with E-state index in [2.05, 4.69) is 15.3 Å². The number of amidine groups is 1. The predicted octanol–water partition coefficient (Wildman–Crippen LogP) is 6.46. The summed E-state index contributed by atoms with van der Waals surface area (Å²) < 4.78 is 19.4. The summed E-state index contributed by atoms with van der Waals surface area (Å²) in [4.78, 5) is 51.4. The Balaban J connectivity index is 1.13. The molecule has 1 N–H and O–H groups in total. The van der Waals surface area contributed by atoms with Crippen LogP contribution in [0, 0.1) is 5.82 Å². The van der Waals surface area contributed by atoms with Crippen LogP contribution in [0.5, 0.6) is 0 Å². The van der Waals surface area contributed by atoms with Gasteiger partial charge < -0.3 is 10.1 Å². The summed E-state index contributed by atoms with van der Waals surface area (Å²) in [6.45, 7) is 0.748. The summed E-state index contributed by atoms with van der Waals surface area (Å²) in [7, 11) is 0. The van der Waals surface area contributed by atoms with Crippen molar-refractivity contribution in [2.75, 3.05) is 11.9 Å². The van der Waals surface area contributed by atoms with Gasteiger partial charge in [-0.25, -0.2) is 14.2 Å². The Labute approximate surface area is 264 Å². The molecular weight excluding hydrogens is 593 g/mol. The van der Waals surface area contributed by atoms with Gasteiger partial charge in [-0.15, -0.1) is 0 Å². The predicted molar refractivity (Wildman–Crippen MR) is 170 cm³/mol. The molecule has 2 fully saturated rings. The highest BCUT2D eigenvalue weighted by Gasteiger charge is 2.39. The number of nitrogens with one attached hydrogen (secondary N) is 1. The zero-order valence-electron chi connectivity index (χ0n) is 24.2. The molecule has 6 rings (SSSR count). The summed E-state index contributed by atoms with van der Waals surface area (Å²) in [6, 6.07) is 25.5. The maximum atomic E-state index is 13.9. The second-order valence-electron chi connectivity index (χ2n) is 10.7. The standard InChI is InChI=1S/C34H30FN5O4S/c35-26-10-4-9-24(19-26)21-40-32(42)30(45-33(40)38-28-11-5-17-36-20-28)25-13-15-27(16-14-25)37-31(41)29-12-6-18-39(29)34(43)44-22-23-7-2-1-3-8-23/h1-5,7-11,13-17,19-20,29-30H,6,12,18,21-22H2,(H,37,41)/t29-,30?/m1/s1. The highest BCUT2D eigenvalue weighted by Crippen LogP contribution is 2.41. The van der Waals surface area contributed by atoms with Crippen LogP contribution >= 0.6 is 11.8 Å². The highest BCUT2D eigenvalue weighted by atomic mass is 32.2. The third kappa shape index (κ3) is 7.21. The first kappa shape index (κ1) is 30.0. The van der Waals surface area contributed by atoms with Gasteiger partial charge >= 0.3 is 6.09 Å². The van der Waals surface area contributed by atoms with Crippen LogP contribution in [0.15, 0.2) is 108 Å². The molecule has 3 heterocycles. The zero-order chi connectivity index (χ0) is 31.2. The summed E-state index contributed by atoms with van der Waals surface area (Å²) in [6.07, 6.45) is 3.98. The van der Waals surface area contributed by atoms with Crippen molar-refractivity contribution in [1.29, 1.82) is 0 Å². The van der Waals surface area contributed by atoms with Crippen molar-refractivity contribution in [3.63, 3.8) is 0 Å². The SMILES string of the molecule is O=C(Nc1ccc(C2SC(=Nc3cccnc3)N(Cc3cccc(F)c3)C2=O)cc1)[C@H]1CCCN1C(=O)OCc1ccccc1. The number of aliphatic imine (C=N–C) groups is 1. The fraction of sp³-hybridized carbons (Fsp3) is 0.206. The van der Waals surface area contributed by atoms with Gasteiger partial charge in [-0.2, -0.15) is 0 Å². The van der Waals surface area contributed by atoms with Crippen LogP contribution in [0.1, 0.15) is 34.8 Å². The van der Waals surface area contributed by atoms with Gasteiger partial charge in [-0.05, 0) is 65.9 Å². The van der Waals surface area contributed by atoms with Crippen LogP contribution in [-0.4, -0.2) is 50.4 Å². The first-order chi connectivity index (χ1) is 21.9. The van der Waals surface area contributed by atoms with E-state index in [4.69, 9.17) is 4.74 Å². The molecule has 0 saturated carbocycles. The van der Waals surface area contributed by atoms with E-state index in [0.29, 0.717) is 41.5 Å². The van der Waals surface area contributed by atoms with Crippen molar-refractivity contribution < 1.29 is 23.5 Å². The lowest BCUT2D eigenvalue weighted by Crippen LogP contribution is -2.43. The third-order valence-corrected chi connectivity index (χ3v) is 8.75. The van der Waals surface area contributed by atoms with E-state index >= 15 is 0 Å². The van der Waals surface area contributed by atoms with Crippen LogP contribution in [-0.2, 0) is 27.5 Å². The summed E-state index contributed by atoms with van der Waals surface area (Å²) >= 11 is 1.30. The van der Waals surface area contributed by atoms with Gasteiger partial charge in [0, 0.05) is 18.4 Å². The molecule has 45 heavy (non-hydrogen) atoms. The van der Waals surface area contributed by atoms with Gasteiger partial charge in [0.05, 0.1) is 18.4 Å². The molecule has 1 unspecified atom stereocenters. The summed E-state index contributed by atoms with van der Waals surface area (Å²) in [5.41, 5.74) is 3.39. The second-order valence-corrected chi connectivity index (χ2v) is 11.7. The zero-order valence-corrected chi connectivity index (χ0v) is 25.0. The number of hydrogen-bond donors (Lipinski definition) is 1. The van der Waals surface area contributed by atoms with Crippen LogP contribution in [0.3, 0.4) is 0 Å². The minimum atomic E-state index is -0.637. The van der Waals surface area contributed by atoms with Gasteiger partial charge in [-0.3, -0.25) is 24.4 Å². The summed E-state index contributed by atoms with van der Waals surface area (Å²) in [5.74, 6) is -0.855. The molecule has 228 valence electrons. The average Bonchev–Trinajstić information content (AvgIpc) is 3.67. The van der Waals surface area contributed by atoms with Crippen molar-refractivity contribution in [1.82, 2.24) is 14.8 Å². The molecule has 0 radical (unpaired) electrons. The Kier molecular flexibility index (Phi) is 9.16. The van der Waals surface area contributed by atoms with Gasteiger partial charge in [0.1, 0.15) is 23.7 Å².